The van der Waals surface area contributed by atoms with E-state index in [0.717, 1.165) is 5.56 Å². The van der Waals surface area contributed by atoms with Crippen LogP contribution >= 0.6 is 11.6 Å². The minimum absolute atomic E-state index is 0.269. The van der Waals surface area contributed by atoms with Crippen molar-refractivity contribution in [3.8, 4) is 11.4 Å². The van der Waals surface area contributed by atoms with Gasteiger partial charge in [-0.05, 0) is 19.1 Å². The number of halogens is 2. The minimum Gasteiger partial charge on any atom is -0.315 e. The number of hydrogen-bond acceptors (Lipinski definition) is 1. The quantitative estimate of drug-likeness (QED) is 0.765. The molecule has 0 spiro atoms. The van der Waals surface area contributed by atoms with Gasteiger partial charge in [0.2, 0.25) is 0 Å². The summed E-state index contributed by atoms with van der Waals surface area (Å²) in [5, 5.41) is 0.566. The smallest absolute Gasteiger partial charge is 0.141 e. The van der Waals surface area contributed by atoms with Crippen LogP contribution in [0, 0.1) is 5.82 Å². The predicted octanol–water partition coefficient (Wildman–Crippen LogP) is 3.36. The molecule has 2 nitrogen and oxygen atoms in total. The summed E-state index contributed by atoms with van der Waals surface area (Å²) in [5.74, 6) is 0.427. The Morgan fingerprint density at radius 1 is 1.47 bits per heavy atom. The molecule has 1 heterocycles. The molecule has 15 heavy (non-hydrogen) atoms. The lowest BCUT2D eigenvalue weighted by molar-refractivity contribution is 0.628. The second kappa shape index (κ2) is 4.03. The third-order valence-electron chi connectivity index (χ3n) is 2.21. The first-order valence-corrected chi connectivity index (χ1v) is 5.07. The maximum absolute atomic E-state index is 13.0. The molecule has 0 atom stereocenters. The van der Waals surface area contributed by atoms with Gasteiger partial charge in [0.1, 0.15) is 16.8 Å². The summed E-state index contributed by atoms with van der Waals surface area (Å²) in [4.78, 5) is 4.16. The maximum atomic E-state index is 13.0. The molecule has 0 aliphatic rings. The van der Waals surface area contributed by atoms with Crippen LogP contribution in [-0.4, -0.2) is 9.55 Å². The van der Waals surface area contributed by atoms with Crippen molar-refractivity contribution in [3.05, 3.63) is 41.4 Å². The highest BCUT2D eigenvalue weighted by Crippen LogP contribution is 2.22. The van der Waals surface area contributed by atoms with Crippen molar-refractivity contribution in [3.63, 3.8) is 0 Å². The fraction of sp³-hybridized carbons (Fsp3) is 0.182. The van der Waals surface area contributed by atoms with Gasteiger partial charge in [-0.25, -0.2) is 9.37 Å². The molecule has 0 bridgehead atoms. The van der Waals surface area contributed by atoms with Crippen LogP contribution in [0.5, 0.6) is 0 Å². The van der Waals surface area contributed by atoms with E-state index >= 15 is 0 Å². The van der Waals surface area contributed by atoms with E-state index in [1.807, 2.05) is 17.6 Å². The molecular formula is C11H10ClFN2. The molecule has 0 saturated carbocycles. The van der Waals surface area contributed by atoms with Crippen LogP contribution in [0.1, 0.15) is 6.92 Å². The second-order valence-electron chi connectivity index (χ2n) is 3.16. The molecule has 1 aromatic heterocycles. The Kier molecular flexibility index (Phi) is 2.73. The van der Waals surface area contributed by atoms with Gasteiger partial charge in [-0.2, -0.15) is 0 Å². The number of rotatable bonds is 2. The number of nitrogens with zero attached hydrogens (tertiary/aromatic N) is 2. The second-order valence-corrected chi connectivity index (χ2v) is 3.55. The molecular weight excluding hydrogens is 215 g/mol. The lowest BCUT2D eigenvalue weighted by Gasteiger charge is -2.05. The standard InChI is InChI=1S/C11H10ClFN2/c1-2-15-10(12)7-14-11(15)8-4-3-5-9(13)6-8/h3-7H,2H2,1H3. The molecule has 0 aliphatic carbocycles. The zero-order chi connectivity index (χ0) is 10.8. The topological polar surface area (TPSA) is 17.8 Å². The molecule has 78 valence electrons. The summed E-state index contributed by atoms with van der Waals surface area (Å²) in [5.41, 5.74) is 0.740. The Hall–Kier alpha value is -1.35. The summed E-state index contributed by atoms with van der Waals surface area (Å²) in [6.07, 6.45) is 1.57. The molecule has 1 aromatic carbocycles. The van der Waals surface area contributed by atoms with Gasteiger partial charge in [-0.15, -0.1) is 0 Å². The first kappa shape index (κ1) is 10.2. The van der Waals surface area contributed by atoms with Crippen molar-refractivity contribution in [1.82, 2.24) is 9.55 Å². The number of aromatic nitrogens is 2. The summed E-state index contributed by atoms with van der Waals surface area (Å²) in [6, 6.07) is 6.33. The monoisotopic (exact) mass is 224 g/mol. The van der Waals surface area contributed by atoms with E-state index in [2.05, 4.69) is 4.98 Å². The first-order valence-electron chi connectivity index (χ1n) is 4.69. The van der Waals surface area contributed by atoms with Gasteiger partial charge in [-0.3, -0.25) is 0 Å². The lowest BCUT2D eigenvalue weighted by atomic mass is 10.2. The molecule has 0 aliphatic heterocycles. The molecule has 2 aromatic rings. The van der Waals surface area contributed by atoms with E-state index in [-0.39, 0.29) is 5.82 Å². The van der Waals surface area contributed by atoms with Crippen molar-refractivity contribution < 1.29 is 4.39 Å². The van der Waals surface area contributed by atoms with Crippen LogP contribution < -0.4 is 0 Å². The van der Waals surface area contributed by atoms with Crippen LogP contribution in [0.25, 0.3) is 11.4 Å². The third kappa shape index (κ3) is 1.88. The molecule has 0 fully saturated rings. The first-order chi connectivity index (χ1) is 7.22. The van der Waals surface area contributed by atoms with Crippen LogP contribution in [0.4, 0.5) is 4.39 Å². The Balaban J connectivity index is 2.54. The van der Waals surface area contributed by atoms with Gasteiger partial charge in [-0.1, -0.05) is 23.7 Å². The fourth-order valence-corrected chi connectivity index (χ4v) is 1.76. The SMILES string of the molecule is CCn1c(Cl)cnc1-c1cccc(F)c1. The molecule has 0 saturated heterocycles. The average molecular weight is 225 g/mol. The van der Waals surface area contributed by atoms with Crippen molar-refractivity contribution in [2.24, 2.45) is 0 Å². The van der Waals surface area contributed by atoms with Gasteiger partial charge in [0, 0.05) is 12.1 Å². The van der Waals surface area contributed by atoms with Crippen LogP contribution in [0.3, 0.4) is 0 Å². The number of hydrogen-bond donors (Lipinski definition) is 0. The highest BCUT2D eigenvalue weighted by atomic mass is 35.5. The van der Waals surface area contributed by atoms with Crippen molar-refractivity contribution in [2.45, 2.75) is 13.5 Å². The van der Waals surface area contributed by atoms with Gasteiger partial charge in [0.05, 0.1) is 6.20 Å². The third-order valence-corrected chi connectivity index (χ3v) is 2.51. The van der Waals surface area contributed by atoms with Gasteiger partial charge < -0.3 is 4.57 Å². The minimum atomic E-state index is -0.269. The summed E-state index contributed by atoms with van der Waals surface area (Å²) in [6.45, 7) is 2.68. The number of benzene rings is 1. The molecule has 4 heteroatoms. The van der Waals surface area contributed by atoms with E-state index in [1.54, 1.807) is 12.3 Å². The lowest BCUT2D eigenvalue weighted by Crippen LogP contribution is -1.97. The van der Waals surface area contributed by atoms with Crippen LogP contribution in [-0.2, 0) is 6.54 Å². The average Bonchev–Trinajstić information content (AvgIpc) is 2.59. The summed E-state index contributed by atoms with van der Waals surface area (Å²) >= 11 is 5.94. The molecule has 0 amide bonds. The molecule has 2 rings (SSSR count). The molecule has 0 unspecified atom stereocenters. The zero-order valence-electron chi connectivity index (χ0n) is 8.24. The van der Waals surface area contributed by atoms with E-state index in [4.69, 9.17) is 11.6 Å². The van der Waals surface area contributed by atoms with Gasteiger partial charge >= 0.3 is 0 Å². The normalized spacial score (nSPS) is 10.6. The summed E-state index contributed by atoms with van der Waals surface area (Å²) < 4.78 is 14.9. The van der Waals surface area contributed by atoms with E-state index in [1.165, 1.54) is 12.1 Å². The molecule has 0 radical (unpaired) electrons. The zero-order valence-corrected chi connectivity index (χ0v) is 9.00. The van der Waals surface area contributed by atoms with Crippen LogP contribution in [0.15, 0.2) is 30.5 Å². The van der Waals surface area contributed by atoms with E-state index in [9.17, 15) is 4.39 Å². The Morgan fingerprint density at radius 3 is 2.93 bits per heavy atom. The fourth-order valence-electron chi connectivity index (χ4n) is 1.51. The van der Waals surface area contributed by atoms with E-state index in [0.29, 0.717) is 17.5 Å². The van der Waals surface area contributed by atoms with Crippen molar-refractivity contribution in [2.75, 3.05) is 0 Å². The highest BCUT2D eigenvalue weighted by Gasteiger charge is 2.09. The van der Waals surface area contributed by atoms with Crippen molar-refractivity contribution >= 4 is 11.6 Å². The maximum Gasteiger partial charge on any atom is 0.141 e. The van der Waals surface area contributed by atoms with Gasteiger partial charge in [0.15, 0.2) is 0 Å². The predicted molar refractivity (Wildman–Crippen MR) is 58.3 cm³/mol. The number of imidazole rings is 1. The molecule has 0 N–H and O–H groups in total. The largest absolute Gasteiger partial charge is 0.315 e. The van der Waals surface area contributed by atoms with E-state index < -0.39 is 0 Å². The van der Waals surface area contributed by atoms with Crippen molar-refractivity contribution in [1.29, 1.82) is 0 Å². The highest BCUT2D eigenvalue weighted by molar-refractivity contribution is 6.29. The summed E-state index contributed by atoms with van der Waals surface area (Å²) in [7, 11) is 0. The Morgan fingerprint density at radius 2 is 2.27 bits per heavy atom. The Bertz CT molecular complexity index is 479. The Labute approximate surface area is 92.3 Å². The van der Waals surface area contributed by atoms with Crippen LogP contribution in [0.2, 0.25) is 5.15 Å². The van der Waals surface area contributed by atoms with Gasteiger partial charge in [0.25, 0.3) is 0 Å².